The first-order valence-corrected chi connectivity index (χ1v) is 6.89. The monoisotopic (exact) mass is 262 g/mol. The van der Waals surface area contributed by atoms with E-state index in [2.05, 4.69) is 5.32 Å². The second kappa shape index (κ2) is 6.17. The quantitative estimate of drug-likeness (QED) is 0.809. The van der Waals surface area contributed by atoms with Crippen LogP contribution in [0.25, 0.3) is 0 Å². The number of carbonyl (C=O) groups is 1. The first kappa shape index (κ1) is 14.0. The molecule has 0 aliphatic carbocycles. The lowest BCUT2D eigenvalue weighted by molar-refractivity contribution is -0.159. The largest absolute Gasteiger partial charge is 0.466 e. The maximum Gasteiger partial charge on any atom is 0.314 e. The predicted molar refractivity (Wildman–Crippen MR) is 74.5 cm³/mol. The van der Waals surface area contributed by atoms with Crippen LogP contribution in [-0.2, 0) is 9.53 Å². The summed E-state index contributed by atoms with van der Waals surface area (Å²) in [7, 11) is 0. The average molecular weight is 262 g/mol. The molecule has 0 spiro atoms. The lowest BCUT2D eigenvalue weighted by Gasteiger charge is -2.39. The number of esters is 1. The Morgan fingerprint density at radius 1 is 1.37 bits per heavy atom. The molecule has 1 aliphatic heterocycles. The highest BCUT2D eigenvalue weighted by Crippen LogP contribution is 2.41. The third-order valence-corrected chi connectivity index (χ3v) is 3.93. The van der Waals surface area contributed by atoms with Gasteiger partial charge in [-0.2, -0.15) is 0 Å². The third kappa shape index (κ3) is 2.80. The summed E-state index contributed by atoms with van der Waals surface area (Å²) in [6, 6.07) is 9.51. The fraction of sp³-hybridized carbons (Fsp3) is 0.533. The van der Waals surface area contributed by atoms with E-state index in [9.17, 15) is 4.79 Å². The van der Waals surface area contributed by atoms with Crippen LogP contribution in [0.4, 0.5) is 0 Å². The minimum Gasteiger partial charge on any atom is -0.466 e. The summed E-state index contributed by atoms with van der Waals surface area (Å²) >= 11 is 0. The van der Waals surface area contributed by atoms with Crippen molar-refractivity contribution >= 4 is 5.97 Å². The number of hydrogen-bond acceptors (Lipinski definition) is 4. The van der Waals surface area contributed by atoms with Crippen LogP contribution in [-0.4, -0.2) is 25.7 Å². The van der Waals surface area contributed by atoms with Crippen molar-refractivity contribution in [1.82, 2.24) is 5.32 Å². The zero-order chi connectivity index (χ0) is 13.7. The highest BCUT2D eigenvalue weighted by molar-refractivity contribution is 5.78. The Kier molecular flexibility index (Phi) is 4.56. The summed E-state index contributed by atoms with van der Waals surface area (Å²) in [6.45, 7) is 3.84. The number of benzene rings is 1. The summed E-state index contributed by atoms with van der Waals surface area (Å²) in [5.41, 5.74) is 6.81. The Morgan fingerprint density at radius 3 is 2.58 bits per heavy atom. The lowest BCUT2D eigenvalue weighted by Crippen LogP contribution is -2.49. The molecule has 1 aliphatic rings. The van der Waals surface area contributed by atoms with Crippen molar-refractivity contribution in [2.45, 2.75) is 25.8 Å². The van der Waals surface area contributed by atoms with Crippen LogP contribution in [0, 0.1) is 5.41 Å². The van der Waals surface area contributed by atoms with Gasteiger partial charge in [-0.25, -0.2) is 0 Å². The molecule has 1 fully saturated rings. The summed E-state index contributed by atoms with van der Waals surface area (Å²) in [5, 5.41) is 3.28. The second-order valence-corrected chi connectivity index (χ2v) is 5.01. The maximum absolute atomic E-state index is 12.4. The van der Waals surface area contributed by atoms with Crippen LogP contribution in [0.3, 0.4) is 0 Å². The molecule has 1 saturated heterocycles. The van der Waals surface area contributed by atoms with E-state index in [1.807, 2.05) is 37.3 Å². The van der Waals surface area contributed by atoms with Gasteiger partial charge in [0.1, 0.15) is 0 Å². The van der Waals surface area contributed by atoms with E-state index < -0.39 is 5.41 Å². The SMILES string of the molecule is CCOC(=O)C1(C(N)c2ccccc2)CCNCC1. The van der Waals surface area contributed by atoms with Gasteiger partial charge in [0.05, 0.1) is 12.0 Å². The molecule has 1 aromatic rings. The van der Waals surface area contributed by atoms with Crippen LogP contribution in [0.15, 0.2) is 30.3 Å². The molecule has 0 saturated carbocycles. The number of carbonyl (C=O) groups excluding carboxylic acids is 1. The maximum atomic E-state index is 12.4. The molecule has 4 heteroatoms. The van der Waals surface area contributed by atoms with E-state index >= 15 is 0 Å². The molecule has 1 aromatic carbocycles. The molecule has 1 unspecified atom stereocenters. The summed E-state index contributed by atoms with van der Waals surface area (Å²) < 4.78 is 5.28. The fourth-order valence-corrected chi connectivity index (χ4v) is 2.77. The molecular formula is C15H22N2O2. The molecule has 1 heterocycles. The summed E-state index contributed by atoms with van der Waals surface area (Å²) in [4.78, 5) is 12.4. The molecular weight excluding hydrogens is 240 g/mol. The molecule has 1 atom stereocenters. The third-order valence-electron chi connectivity index (χ3n) is 3.93. The van der Waals surface area contributed by atoms with Gasteiger partial charge in [0.25, 0.3) is 0 Å². The second-order valence-electron chi connectivity index (χ2n) is 5.01. The Hall–Kier alpha value is -1.39. The van der Waals surface area contributed by atoms with E-state index in [0.29, 0.717) is 6.61 Å². The van der Waals surface area contributed by atoms with Crippen molar-refractivity contribution in [2.24, 2.45) is 11.1 Å². The first-order chi connectivity index (χ1) is 9.20. The van der Waals surface area contributed by atoms with Crippen LogP contribution in [0.2, 0.25) is 0 Å². The number of ether oxygens (including phenoxy) is 1. The zero-order valence-electron chi connectivity index (χ0n) is 11.4. The zero-order valence-corrected chi connectivity index (χ0v) is 11.4. The molecule has 2 rings (SSSR count). The van der Waals surface area contributed by atoms with E-state index in [0.717, 1.165) is 31.5 Å². The Labute approximate surface area is 114 Å². The van der Waals surface area contributed by atoms with Gasteiger partial charge in [-0.15, -0.1) is 0 Å². The number of rotatable bonds is 4. The summed E-state index contributed by atoms with van der Waals surface area (Å²) in [5.74, 6) is -0.159. The van der Waals surface area contributed by atoms with Gasteiger partial charge < -0.3 is 15.8 Å². The molecule has 0 aromatic heterocycles. The minimum atomic E-state index is -0.595. The normalized spacial score (nSPS) is 19.7. The average Bonchev–Trinajstić information content (AvgIpc) is 2.48. The predicted octanol–water partition coefficient (Wildman–Crippen LogP) is 1.62. The molecule has 4 nitrogen and oxygen atoms in total. The smallest absolute Gasteiger partial charge is 0.314 e. The Bertz CT molecular complexity index is 413. The van der Waals surface area contributed by atoms with Crippen LogP contribution < -0.4 is 11.1 Å². The Morgan fingerprint density at radius 2 is 2.00 bits per heavy atom. The van der Waals surface area contributed by atoms with Gasteiger partial charge in [-0.05, 0) is 38.4 Å². The van der Waals surface area contributed by atoms with E-state index in [4.69, 9.17) is 10.5 Å². The van der Waals surface area contributed by atoms with E-state index in [1.54, 1.807) is 0 Å². The molecule has 0 radical (unpaired) electrons. The van der Waals surface area contributed by atoms with Gasteiger partial charge in [-0.1, -0.05) is 30.3 Å². The molecule has 0 bridgehead atoms. The topological polar surface area (TPSA) is 64.3 Å². The van der Waals surface area contributed by atoms with Gasteiger partial charge in [0.15, 0.2) is 0 Å². The molecule has 19 heavy (non-hydrogen) atoms. The van der Waals surface area contributed by atoms with Gasteiger partial charge in [-0.3, -0.25) is 4.79 Å². The Balaban J connectivity index is 2.29. The summed E-state index contributed by atoms with van der Waals surface area (Å²) in [6.07, 6.45) is 1.45. The highest BCUT2D eigenvalue weighted by Gasteiger charge is 2.46. The van der Waals surface area contributed by atoms with Crippen molar-refractivity contribution in [3.05, 3.63) is 35.9 Å². The van der Waals surface area contributed by atoms with Crippen LogP contribution in [0.1, 0.15) is 31.4 Å². The molecule has 0 amide bonds. The van der Waals surface area contributed by atoms with E-state index in [-0.39, 0.29) is 12.0 Å². The van der Waals surface area contributed by atoms with Crippen LogP contribution in [0.5, 0.6) is 0 Å². The highest BCUT2D eigenvalue weighted by atomic mass is 16.5. The number of nitrogens with two attached hydrogens (primary N) is 1. The van der Waals surface area contributed by atoms with Crippen LogP contribution >= 0.6 is 0 Å². The van der Waals surface area contributed by atoms with Crippen molar-refractivity contribution in [3.63, 3.8) is 0 Å². The van der Waals surface area contributed by atoms with Crippen molar-refractivity contribution in [2.75, 3.05) is 19.7 Å². The van der Waals surface area contributed by atoms with Crippen molar-refractivity contribution in [1.29, 1.82) is 0 Å². The molecule has 3 N–H and O–H groups in total. The van der Waals surface area contributed by atoms with Gasteiger partial charge >= 0.3 is 5.97 Å². The van der Waals surface area contributed by atoms with Gasteiger partial charge in [0.2, 0.25) is 0 Å². The first-order valence-electron chi connectivity index (χ1n) is 6.89. The van der Waals surface area contributed by atoms with E-state index in [1.165, 1.54) is 0 Å². The lowest BCUT2D eigenvalue weighted by atomic mass is 9.71. The fourth-order valence-electron chi connectivity index (χ4n) is 2.77. The number of nitrogens with one attached hydrogen (secondary N) is 1. The number of hydrogen-bond donors (Lipinski definition) is 2. The number of piperidine rings is 1. The van der Waals surface area contributed by atoms with Crippen molar-refractivity contribution < 1.29 is 9.53 Å². The van der Waals surface area contributed by atoms with Gasteiger partial charge in [0, 0.05) is 6.04 Å². The standard InChI is InChI=1S/C15H22N2O2/c1-2-19-14(18)15(8-10-17-11-9-15)13(16)12-6-4-3-5-7-12/h3-7,13,17H,2,8-11,16H2,1H3. The minimum absolute atomic E-state index is 0.159. The van der Waals surface area contributed by atoms with Crippen molar-refractivity contribution in [3.8, 4) is 0 Å². The molecule has 104 valence electrons.